The predicted molar refractivity (Wildman–Crippen MR) is 226 cm³/mol. The molecule has 4 heterocycles. The van der Waals surface area contributed by atoms with E-state index in [0.717, 1.165) is 43.8 Å². The maximum absolute atomic E-state index is 12.0. The number of fused-ring (bicyclic) bond motifs is 2. The average molecular weight is 811 g/mol. The van der Waals surface area contributed by atoms with E-state index in [1.807, 2.05) is 106 Å². The van der Waals surface area contributed by atoms with Gasteiger partial charge in [-0.25, -0.2) is 15.0 Å². The summed E-state index contributed by atoms with van der Waals surface area (Å²) in [7, 11) is -4.43. The molecule has 0 unspecified atom stereocenters. The van der Waals surface area contributed by atoms with E-state index in [2.05, 4.69) is 16.5 Å². The Labute approximate surface area is 336 Å². The highest BCUT2D eigenvalue weighted by Gasteiger charge is 2.26. The van der Waals surface area contributed by atoms with Gasteiger partial charge >= 0.3 is 0 Å². The Morgan fingerprint density at radius 2 is 1.46 bits per heavy atom. The van der Waals surface area contributed by atoms with E-state index in [0.29, 0.717) is 49.1 Å². The minimum atomic E-state index is -4.43. The van der Waals surface area contributed by atoms with E-state index in [4.69, 9.17) is 25.2 Å². The highest BCUT2D eigenvalue weighted by molar-refractivity contribution is 7.85. The molecule has 16 heteroatoms. The van der Waals surface area contributed by atoms with Crippen molar-refractivity contribution in [2.45, 2.75) is 46.4 Å². The third-order valence-corrected chi connectivity index (χ3v) is 12.3. The predicted octanol–water partition coefficient (Wildman–Crippen LogP) is 11.1. The number of anilines is 5. The van der Waals surface area contributed by atoms with Crippen LogP contribution in [0.25, 0.3) is 25.6 Å². The number of hydrogen-bond acceptors (Lipinski definition) is 13. The molecule has 8 aromatic rings. The van der Waals surface area contributed by atoms with E-state index >= 15 is 0 Å². The molecule has 0 radical (unpaired) electrons. The van der Waals surface area contributed by atoms with Gasteiger partial charge in [0.1, 0.15) is 23.1 Å². The molecule has 4 aromatic carbocycles. The minimum absolute atomic E-state index is 0.216. The molecule has 0 atom stereocenters. The topological polar surface area (TPSA) is 175 Å². The second-order valence-corrected chi connectivity index (χ2v) is 17.0. The lowest BCUT2D eigenvalue weighted by molar-refractivity contribution is 0.483. The summed E-state index contributed by atoms with van der Waals surface area (Å²) in [6, 6.07) is 28.3. The van der Waals surface area contributed by atoms with Crippen LogP contribution in [0.2, 0.25) is 0 Å². The number of para-hydroxylation sites is 3. The van der Waals surface area contributed by atoms with Gasteiger partial charge in [0.25, 0.3) is 10.1 Å². The van der Waals surface area contributed by atoms with Gasteiger partial charge in [-0.15, -0.1) is 10.2 Å². The Kier molecular flexibility index (Phi) is 9.62. The Morgan fingerprint density at radius 3 is 2.14 bits per heavy atom. The number of aryl methyl sites for hydroxylation is 6. The maximum atomic E-state index is 12.0. The average Bonchev–Trinajstić information content (AvgIpc) is 3.88. The molecule has 0 saturated carbocycles. The van der Waals surface area contributed by atoms with Crippen molar-refractivity contribution in [2.24, 2.45) is 10.2 Å². The first kappa shape index (κ1) is 37.5. The van der Waals surface area contributed by atoms with Gasteiger partial charge < -0.3 is 5.32 Å². The molecule has 0 bridgehead atoms. The van der Waals surface area contributed by atoms with Crippen LogP contribution in [0.4, 0.5) is 39.6 Å². The van der Waals surface area contributed by atoms with Crippen LogP contribution in [0.15, 0.2) is 100 Å². The van der Waals surface area contributed by atoms with Gasteiger partial charge in [0, 0.05) is 5.69 Å². The highest BCUT2D eigenvalue weighted by Crippen LogP contribution is 2.45. The van der Waals surface area contributed by atoms with Crippen molar-refractivity contribution in [3.63, 3.8) is 0 Å². The molecule has 0 amide bonds. The lowest BCUT2D eigenvalue weighted by Crippen LogP contribution is -2.15. The van der Waals surface area contributed by atoms with Crippen LogP contribution in [0.1, 0.15) is 39.1 Å². The van der Waals surface area contributed by atoms with Crippen LogP contribution >= 0.6 is 22.7 Å². The van der Waals surface area contributed by atoms with Crippen molar-refractivity contribution in [2.75, 3.05) is 10.2 Å². The fourth-order valence-electron chi connectivity index (χ4n) is 6.64. The van der Waals surface area contributed by atoms with Crippen molar-refractivity contribution >= 4 is 92.9 Å². The zero-order valence-corrected chi connectivity index (χ0v) is 34.0. The molecular weight excluding hydrogens is 777 g/mol. The molecule has 284 valence electrons. The van der Waals surface area contributed by atoms with Crippen LogP contribution in [0.3, 0.4) is 0 Å². The van der Waals surface area contributed by atoms with E-state index in [9.17, 15) is 18.2 Å². The molecule has 0 aliphatic heterocycles. The molecule has 0 fully saturated rings. The van der Waals surface area contributed by atoms with Crippen molar-refractivity contribution in [3.8, 4) is 11.2 Å². The molecule has 4 aromatic heterocycles. The van der Waals surface area contributed by atoms with Gasteiger partial charge in [0.15, 0.2) is 16.8 Å². The fraction of sp³-hybridized carbons (Fsp3) is 0.146. The van der Waals surface area contributed by atoms with Crippen molar-refractivity contribution in [1.82, 2.24) is 24.7 Å². The Balaban J connectivity index is 1.33. The van der Waals surface area contributed by atoms with Crippen molar-refractivity contribution in [3.05, 3.63) is 124 Å². The second-order valence-electron chi connectivity index (χ2n) is 13.5. The highest BCUT2D eigenvalue weighted by atomic mass is 32.2. The molecule has 57 heavy (non-hydrogen) atoms. The van der Waals surface area contributed by atoms with Crippen molar-refractivity contribution in [1.29, 1.82) is 5.26 Å². The number of pyridine rings is 1. The zero-order chi connectivity index (χ0) is 40.2. The smallest absolute Gasteiger partial charge is 0.294 e. The Bertz CT molecular complexity index is 3010. The minimum Gasteiger partial charge on any atom is -0.338 e. The fourth-order valence-corrected chi connectivity index (χ4v) is 9.16. The van der Waals surface area contributed by atoms with E-state index in [1.54, 1.807) is 17.7 Å². The van der Waals surface area contributed by atoms with E-state index in [-0.39, 0.29) is 16.3 Å². The largest absolute Gasteiger partial charge is 0.338 e. The molecule has 2 N–H and O–H groups in total. The van der Waals surface area contributed by atoms with Crippen molar-refractivity contribution < 1.29 is 13.0 Å². The summed E-state index contributed by atoms with van der Waals surface area (Å²) in [4.78, 5) is 16.7. The van der Waals surface area contributed by atoms with Crippen LogP contribution in [0.5, 0.6) is 0 Å². The maximum Gasteiger partial charge on any atom is 0.294 e. The number of nitrogens with one attached hydrogen (secondary N) is 1. The number of thiazole rings is 2. The Hall–Kier alpha value is -6.38. The van der Waals surface area contributed by atoms with E-state index in [1.165, 1.54) is 34.8 Å². The first-order valence-electron chi connectivity index (χ1n) is 17.7. The van der Waals surface area contributed by atoms with Crippen LogP contribution in [-0.2, 0) is 10.1 Å². The van der Waals surface area contributed by atoms with Gasteiger partial charge in [-0.2, -0.15) is 23.5 Å². The van der Waals surface area contributed by atoms with Gasteiger partial charge in [-0.05, 0) is 106 Å². The third-order valence-electron chi connectivity index (χ3n) is 9.48. The summed E-state index contributed by atoms with van der Waals surface area (Å²) in [6.07, 6.45) is 0. The second kappa shape index (κ2) is 14.6. The quantitative estimate of drug-likeness (QED) is 0.105. The lowest BCUT2D eigenvalue weighted by atomic mass is 10.1. The first-order chi connectivity index (χ1) is 27.3. The number of azo groups is 1. The number of nitriles is 1. The summed E-state index contributed by atoms with van der Waals surface area (Å²) >= 11 is 2.71. The Morgan fingerprint density at radius 1 is 0.772 bits per heavy atom. The van der Waals surface area contributed by atoms with Crippen LogP contribution in [0, 0.1) is 52.9 Å². The molecule has 0 spiro atoms. The summed E-state index contributed by atoms with van der Waals surface area (Å²) in [5.41, 5.74) is 8.89. The number of benzene rings is 4. The SMILES string of the molecule is Cc1cc(N(c2nc3ccc(S(=O)(=O)O)cc3s2)c2c(C)cccc2C)nc(Nc2c(C)cccc2C)c1N=Nc1c(C#N)c(C)nn1-c1nc2ccccc2s1. The van der Waals surface area contributed by atoms with Gasteiger partial charge in [0.2, 0.25) is 5.13 Å². The molecular formula is C41H34N10O3S3. The summed E-state index contributed by atoms with van der Waals surface area (Å²) in [5, 5.41) is 29.0. The molecule has 8 rings (SSSR count). The molecule has 13 nitrogen and oxygen atoms in total. The molecule has 0 saturated heterocycles. The zero-order valence-electron chi connectivity index (χ0n) is 31.6. The summed E-state index contributed by atoms with van der Waals surface area (Å²) < 4.78 is 36.9. The number of hydrogen-bond donors (Lipinski definition) is 2. The standard InChI is InChI=1S/C41H34N10O3S3/c1-22-11-9-12-23(2)35(22)46-38-36(47-48-39-29(21-42)27(6)49-51(39)41-44-30-15-7-8-16-32(30)55-41)26(5)19-34(45-38)50(37-24(3)13-10-14-25(37)4)40-43-31-18-17-28(57(52,53)54)20-33(31)56-40/h7-20H,1-6H3,(H,45,46)(H,52,53,54). The normalized spacial score (nSPS) is 11.8. The van der Waals surface area contributed by atoms with E-state index < -0.39 is 10.1 Å². The number of aromatic nitrogens is 5. The first-order valence-corrected chi connectivity index (χ1v) is 20.7. The molecule has 0 aliphatic rings. The molecule has 0 aliphatic carbocycles. The van der Waals surface area contributed by atoms with Gasteiger partial charge in [0.05, 0.1) is 36.7 Å². The van der Waals surface area contributed by atoms with Crippen LogP contribution < -0.4 is 10.2 Å². The van der Waals surface area contributed by atoms with Gasteiger partial charge in [-0.3, -0.25) is 9.45 Å². The number of nitrogens with zero attached hydrogens (tertiary/aromatic N) is 9. The lowest BCUT2D eigenvalue weighted by Gasteiger charge is -2.26. The summed E-state index contributed by atoms with van der Waals surface area (Å²) in [5.74, 6) is 1.16. The third kappa shape index (κ3) is 7.02. The monoisotopic (exact) mass is 810 g/mol. The summed E-state index contributed by atoms with van der Waals surface area (Å²) in [6.45, 7) is 11.7. The number of rotatable bonds is 9. The van der Waals surface area contributed by atoms with Crippen LogP contribution in [-0.4, -0.2) is 37.7 Å². The van der Waals surface area contributed by atoms with Gasteiger partial charge in [-0.1, -0.05) is 71.2 Å².